The van der Waals surface area contributed by atoms with Crippen molar-refractivity contribution in [1.82, 2.24) is 0 Å². The second kappa shape index (κ2) is 6.27. The molecular weight excluding hydrogens is 210 g/mol. The van der Waals surface area contributed by atoms with Crippen LogP contribution < -0.4 is 10.6 Å². The molecule has 0 saturated heterocycles. The van der Waals surface area contributed by atoms with Gasteiger partial charge in [0.2, 0.25) is 0 Å². The minimum absolute atomic E-state index is 0.0654. The molecule has 0 bridgehead atoms. The third kappa shape index (κ3) is 3.76. The van der Waals surface area contributed by atoms with Gasteiger partial charge in [0.25, 0.3) is 0 Å². The lowest BCUT2D eigenvalue weighted by Gasteiger charge is -2.28. The molecule has 92 valence electrons. The predicted octanol–water partition coefficient (Wildman–Crippen LogP) is 2.83. The first-order valence-electron chi connectivity index (χ1n) is 6.05. The lowest BCUT2D eigenvalue weighted by molar-refractivity contribution is 0.686. The van der Waals surface area contributed by atoms with E-state index in [4.69, 9.17) is 11.0 Å². The SMILES string of the molecule is CC(N)c1ccc(N(CCC#N)C(C)C)cc1. The van der Waals surface area contributed by atoms with Crippen LogP contribution in [0.1, 0.15) is 38.8 Å². The summed E-state index contributed by atoms with van der Waals surface area (Å²) in [5, 5.41) is 8.67. The fourth-order valence-corrected chi connectivity index (χ4v) is 1.83. The van der Waals surface area contributed by atoms with Gasteiger partial charge in [0.05, 0.1) is 12.5 Å². The third-order valence-corrected chi connectivity index (χ3v) is 2.84. The number of benzene rings is 1. The molecule has 1 aromatic carbocycles. The van der Waals surface area contributed by atoms with Gasteiger partial charge in [-0.2, -0.15) is 5.26 Å². The van der Waals surface area contributed by atoms with E-state index in [1.54, 1.807) is 0 Å². The molecule has 1 rings (SSSR count). The van der Waals surface area contributed by atoms with Crippen molar-refractivity contribution in [2.24, 2.45) is 5.73 Å². The Kier molecular flexibility index (Phi) is 4.99. The van der Waals surface area contributed by atoms with E-state index in [0.29, 0.717) is 12.5 Å². The molecule has 0 saturated carbocycles. The van der Waals surface area contributed by atoms with Crippen LogP contribution in [0, 0.1) is 11.3 Å². The van der Waals surface area contributed by atoms with Gasteiger partial charge in [-0.3, -0.25) is 0 Å². The molecule has 17 heavy (non-hydrogen) atoms. The Labute approximate surface area is 104 Å². The van der Waals surface area contributed by atoms with Crippen molar-refractivity contribution < 1.29 is 0 Å². The quantitative estimate of drug-likeness (QED) is 0.847. The molecule has 1 unspecified atom stereocenters. The molecule has 3 nitrogen and oxygen atoms in total. The van der Waals surface area contributed by atoms with Gasteiger partial charge in [-0.1, -0.05) is 12.1 Å². The minimum atomic E-state index is 0.0654. The van der Waals surface area contributed by atoms with E-state index < -0.39 is 0 Å². The molecule has 0 radical (unpaired) electrons. The van der Waals surface area contributed by atoms with Crippen LogP contribution in [0.4, 0.5) is 5.69 Å². The highest BCUT2D eigenvalue weighted by Crippen LogP contribution is 2.20. The van der Waals surface area contributed by atoms with E-state index in [1.807, 2.05) is 6.92 Å². The van der Waals surface area contributed by atoms with Gasteiger partial charge < -0.3 is 10.6 Å². The average molecular weight is 231 g/mol. The van der Waals surface area contributed by atoms with Crippen LogP contribution in [0.15, 0.2) is 24.3 Å². The molecule has 1 aromatic rings. The summed E-state index contributed by atoms with van der Waals surface area (Å²) in [6.45, 7) is 7.02. The molecule has 0 aromatic heterocycles. The maximum absolute atomic E-state index is 8.67. The number of nitriles is 1. The fourth-order valence-electron chi connectivity index (χ4n) is 1.83. The van der Waals surface area contributed by atoms with Crippen molar-refractivity contribution in [2.45, 2.75) is 39.3 Å². The van der Waals surface area contributed by atoms with Gasteiger partial charge in [-0.25, -0.2) is 0 Å². The Morgan fingerprint density at radius 3 is 2.24 bits per heavy atom. The maximum atomic E-state index is 8.67. The van der Waals surface area contributed by atoms with Crippen LogP contribution in [-0.4, -0.2) is 12.6 Å². The molecule has 0 fully saturated rings. The van der Waals surface area contributed by atoms with Crippen molar-refractivity contribution >= 4 is 5.69 Å². The number of nitrogens with zero attached hydrogens (tertiary/aromatic N) is 2. The van der Waals surface area contributed by atoms with Gasteiger partial charge in [-0.05, 0) is 38.5 Å². The van der Waals surface area contributed by atoms with Crippen molar-refractivity contribution in [3.63, 3.8) is 0 Å². The Hall–Kier alpha value is -1.53. The minimum Gasteiger partial charge on any atom is -0.368 e. The Morgan fingerprint density at radius 2 is 1.82 bits per heavy atom. The van der Waals surface area contributed by atoms with Gasteiger partial charge in [0, 0.05) is 24.3 Å². The summed E-state index contributed by atoms with van der Waals surface area (Å²) in [5.74, 6) is 0. The van der Waals surface area contributed by atoms with Crippen LogP contribution in [0.25, 0.3) is 0 Å². The van der Waals surface area contributed by atoms with E-state index in [-0.39, 0.29) is 6.04 Å². The molecule has 0 aliphatic heterocycles. The van der Waals surface area contributed by atoms with Crippen LogP contribution in [0.2, 0.25) is 0 Å². The summed E-state index contributed by atoms with van der Waals surface area (Å²) in [4.78, 5) is 2.23. The van der Waals surface area contributed by atoms with Crippen molar-refractivity contribution in [2.75, 3.05) is 11.4 Å². The number of rotatable bonds is 5. The first-order valence-corrected chi connectivity index (χ1v) is 6.05. The van der Waals surface area contributed by atoms with Crippen molar-refractivity contribution in [3.05, 3.63) is 29.8 Å². The topological polar surface area (TPSA) is 53.0 Å². The highest BCUT2D eigenvalue weighted by atomic mass is 15.1. The Bertz CT molecular complexity index is 373. The predicted molar refractivity (Wildman–Crippen MR) is 71.8 cm³/mol. The van der Waals surface area contributed by atoms with Crippen molar-refractivity contribution in [1.29, 1.82) is 5.26 Å². The van der Waals surface area contributed by atoms with Gasteiger partial charge >= 0.3 is 0 Å². The summed E-state index contributed by atoms with van der Waals surface area (Å²) in [7, 11) is 0. The lowest BCUT2D eigenvalue weighted by Crippen LogP contribution is -2.31. The normalized spacial score (nSPS) is 12.2. The molecular formula is C14H21N3. The lowest BCUT2D eigenvalue weighted by atomic mass is 10.1. The van der Waals surface area contributed by atoms with Crippen molar-refractivity contribution in [3.8, 4) is 6.07 Å². The summed E-state index contributed by atoms with van der Waals surface area (Å²) in [6.07, 6.45) is 0.549. The van der Waals surface area contributed by atoms with Gasteiger partial charge in [0.15, 0.2) is 0 Å². The molecule has 0 spiro atoms. The molecule has 2 N–H and O–H groups in total. The standard InChI is InChI=1S/C14H21N3/c1-11(2)17(10-4-9-15)14-7-5-13(6-8-14)12(3)16/h5-8,11-12H,4,10,16H2,1-3H3. The van der Waals surface area contributed by atoms with Crippen LogP contribution in [0.3, 0.4) is 0 Å². The van der Waals surface area contributed by atoms with Crippen LogP contribution in [0.5, 0.6) is 0 Å². The first-order chi connectivity index (χ1) is 8.06. The second-order valence-electron chi connectivity index (χ2n) is 4.58. The second-order valence-corrected chi connectivity index (χ2v) is 4.58. The number of hydrogen-bond acceptors (Lipinski definition) is 3. The fraction of sp³-hybridized carbons (Fsp3) is 0.500. The number of nitrogens with two attached hydrogens (primary N) is 1. The van der Waals surface area contributed by atoms with E-state index in [0.717, 1.165) is 17.8 Å². The number of anilines is 1. The van der Waals surface area contributed by atoms with E-state index in [1.165, 1.54) is 0 Å². The van der Waals surface area contributed by atoms with E-state index >= 15 is 0 Å². The molecule has 0 amide bonds. The average Bonchev–Trinajstić information content (AvgIpc) is 2.29. The zero-order chi connectivity index (χ0) is 12.8. The van der Waals surface area contributed by atoms with Crippen LogP contribution >= 0.6 is 0 Å². The Morgan fingerprint density at radius 1 is 1.24 bits per heavy atom. The smallest absolute Gasteiger partial charge is 0.0640 e. The molecule has 0 heterocycles. The largest absolute Gasteiger partial charge is 0.368 e. The van der Waals surface area contributed by atoms with Crippen LogP contribution in [-0.2, 0) is 0 Å². The summed E-state index contributed by atoms with van der Waals surface area (Å²) in [6, 6.07) is 10.9. The first kappa shape index (κ1) is 13.5. The van der Waals surface area contributed by atoms with Gasteiger partial charge in [0.1, 0.15) is 0 Å². The zero-order valence-corrected chi connectivity index (χ0v) is 10.9. The third-order valence-electron chi connectivity index (χ3n) is 2.84. The monoisotopic (exact) mass is 231 g/mol. The molecule has 0 aliphatic rings. The molecule has 3 heteroatoms. The summed E-state index contributed by atoms with van der Waals surface area (Å²) >= 11 is 0. The highest BCUT2D eigenvalue weighted by Gasteiger charge is 2.10. The number of hydrogen-bond donors (Lipinski definition) is 1. The highest BCUT2D eigenvalue weighted by molar-refractivity contribution is 5.48. The molecule has 0 aliphatic carbocycles. The Balaban J connectivity index is 2.84. The van der Waals surface area contributed by atoms with Gasteiger partial charge in [-0.15, -0.1) is 0 Å². The maximum Gasteiger partial charge on any atom is 0.0640 e. The van der Waals surface area contributed by atoms with E-state index in [2.05, 4.69) is 49.1 Å². The summed E-state index contributed by atoms with van der Waals surface area (Å²) in [5.41, 5.74) is 8.11. The van der Waals surface area contributed by atoms with E-state index in [9.17, 15) is 0 Å². The molecule has 1 atom stereocenters. The summed E-state index contributed by atoms with van der Waals surface area (Å²) < 4.78 is 0. The zero-order valence-electron chi connectivity index (χ0n) is 10.9.